The molecule has 4 aromatic rings. The molecule has 0 aliphatic carbocycles. The first-order chi connectivity index (χ1) is 17.3. The molecule has 0 unspecified atom stereocenters. The van der Waals surface area contributed by atoms with Crippen LogP contribution in [0.3, 0.4) is 0 Å². The summed E-state index contributed by atoms with van der Waals surface area (Å²) >= 11 is 15.1. The van der Waals surface area contributed by atoms with Crippen molar-refractivity contribution in [2.75, 3.05) is 6.79 Å². The molecule has 0 bridgehead atoms. The fourth-order valence-corrected chi connectivity index (χ4v) is 6.99. The number of hydrogen-bond donors (Lipinski definition) is 1. The number of ether oxygens (including phenoxy) is 2. The number of halogens is 2. The molecule has 1 aliphatic heterocycles. The molecular formula is C23H14Cl2N4O4S3. The van der Waals surface area contributed by atoms with Crippen LogP contribution in [-0.4, -0.2) is 25.4 Å². The second kappa shape index (κ2) is 10.2. The number of benzene rings is 3. The maximum atomic E-state index is 12.9. The second-order valence-corrected chi connectivity index (χ2v) is 11.9. The highest BCUT2D eigenvalue weighted by atomic mass is 35.5. The molecule has 0 amide bonds. The molecule has 0 saturated carbocycles. The Morgan fingerprint density at radius 1 is 1.03 bits per heavy atom. The van der Waals surface area contributed by atoms with Crippen LogP contribution < -0.4 is 14.2 Å². The van der Waals surface area contributed by atoms with Gasteiger partial charge < -0.3 is 9.47 Å². The zero-order chi connectivity index (χ0) is 25.3. The third-order valence-corrected chi connectivity index (χ3v) is 9.18. The van der Waals surface area contributed by atoms with Gasteiger partial charge in [-0.25, -0.2) is 13.1 Å². The van der Waals surface area contributed by atoms with Crippen molar-refractivity contribution in [1.82, 2.24) is 14.9 Å². The van der Waals surface area contributed by atoms with Gasteiger partial charge in [0.15, 0.2) is 17.7 Å². The van der Waals surface area contributed by atoms with E-state index in [0.29, 0.717) is 47.8 Å². The number of nitriles is 1. The highest BCUT2D eigenvalue weighted by Gasteiger charge is 2.24. The number of aromatic nitrogens is 2. The molecule has 182 valence electrons. The Labute approximate surface area is 224 Å². The van der Waals surface area contributed by atoms with Gasteiger partial charge in [-0.05, 0) is 42.0 Å². The summed E-state index contributed by atoms with van der Waals surface area (Å²) < 4.78 is 38.4. The molecule has 8 nitrogen and oxygen atoms in total. The van der Waals surface area contributed by atoms with E-state index >= 15 is 0 Å². The Kier molecular flexibility index (Phi) is 6.96. The van der Waals surface area contributed by atoms with Crippen LogP contribution in [0.5, 0.6) is 11.5 Å². The molecule has 0 radical (unpaired) electrons. The molecule has 1 aliphatic rings. The van der Waals surface area contributed by atoms with E-state index in [4.69, 9.17) is 37.9 Å². The van der Waals surface area contributed by atoms with Gasteiger partial charge in [0.05, 0.1) is 5.02 Å². The molecule has 0 atom stereocenters. The SMILES string of the molecule is N#CNS(=O)(=O)c1cc(-c2nnc(-c3ccc(Cl)cc3)s2)c(Cl)cc1SCc1ccc2c(c1)OCO2. The molecule has 2 heterocycles. The van der Waals surface area contributed by atoms with Crippen LogP contribution in [0.15, 0.2) is 64.4 Å². The molecular weight excluding hydrogens is 563 g/mol. The summed E-state index contributed by atoms with van der Waals surface area (Å²) in [6.45, 7) is 0.163. The molecule has 3 aromatic carbocycles. The molecule has 0 saturated heterocycles. The number of nitrogens with one attached hydrogen (secondary N) is 1. The van der Waals surface area contributed by atoms with Crippen LogP contribution in [0, 0.1) is 11.5 Å². The Bertz CT molecular complexity index is 1600. The largest absolute Gasteiger partial charge is 0.454 e. The van der Waals surface area contributed by atoms with Gasteiger partial charge in [-0.1, -0.05) is 52.7 Å². The van der Waals surface area contributed by atoms with Gasteiger partial charge in [-0.15, -0.1) is 22.0 Å². The average Bonchev–Trinajstić information content (AvgIpc) is 3.52. The summed E-state index contributed by atoms with van der Waals surface area (Å²) in [4.78, 5) is 0.295. The topological polar surface area (TPSA) is 114 Å². The van der Waals surface area contributed by atoms with E-state index in [1.54, 1.807) is 24.3 Å². The van der Waals surface area contributed by atoms with Gasteiger partial charge >= 0.3 is 0 Å². The van der Waals surface area contributed by atoms with Crippen molar-refractivity contribution in [1.29, 1.82) is 5.26 Å². The van der Waals surface area contributed by atoms with Gasteiger partial charge in [0, 0.05) is 26.8 Å². The molecule has 1 N–H and O–H groups in total. The lowest BCUT2D eigenvalue weighted by atomic mass is 10.2. The van der Waals surface area contributed by atoms with E-state index in [-0.39, 0.29) is 11.7 Å². The fraction of sp³-hybridized carbons (Fsp3) is 0.0870. The second-order valence-electron chi connectivity index (χ2n) is 7.39. The summed E-state index contributed by atoms with van der Waals surface area (Å²) in [7, 11) is -4.15. The van der Waals surface area contributed by atoms with Crippen LogP contribution in [0.4, 0.5) is 0 Å². The van der Waals surface area contributed by atoms with Gasteiger partial charge in [0.25, 0.3) is 10.0 Å². The molecule has 5 rings (SSSR count). The van der Waals surface area contributed by atoms with Gasteiger partial charge in [0.2, 0.25) is 6.79 Å². The molecule has 36 heavy (non-hydrogen) atoms. The predicted octanol–water partition coefficient (Wildman–Crippen LogP) is 5.96. The van der Waals surface area contributed by atoms with Crippen LogP contribution in [0.2, 0.25) is 10.0 Å². The number of nitrogens with zero attached hydrogens (tertiary/aromatic N) is 3. The smallest absolute Gasteiger partial charge is 0.271 e. The Balaban J connectivity index is 1.49. The first kappa shape index (κ1) is 24.7. The lowest BCUT2D eigenvalue weighted by Gasteiger charge is -2.12. The summed E-state index contributed by atoms with van der Waals surface area (Å²) in [5, 5.41) is 19.4. The van der Waals surface area contributed by atoms with E-state index in [2.05, 4.69) is 10.2 Å². The number of sulfonamides is 1. The summed E-state index contributed by atoms with van der Waals surface area (Å²) in [6.07, 6.45) is 1.49. The molecule has 1 aromatic heterocycles. The zero-order valence-electron chi connectivity index (χ0n) is 18.1. The Hall–Kier alpha value is -3.01. The van der Waals surface area contributed by atoms with Crippen molar-refractivity contribution >= 4 is 56.3 Å². The van der Waals surface area contributed by atoms with Gasteiger partial charge in [0.1, 0.15) is 14.9 Å². The third-order valence-electron chi connectivity index (χ3n) is 5.08. The maximum Gasteiger partial charge on any atom is 0.271 e. The van der Waals surface area contributed by atoms with E-state index in [9.17, 15) is 8.42 Å². The predicted molar refractivity (Wildman–Crippen MR) is 139 cm³/mol. The first-order valence-corrected chi connectivity index (χ1v) is 14.2. The van der Waals surface area contributed by atoms with Crippen molar-refractivity contribution in [3.63, 3.8) is 0 Å². The Morgan fingerprint density at radius 3 is 2.56 bits per heavy atom. The quantitative estimate of drug-likeness (QED) is 0.163. The summed E-state index contributed by atoms with van der Waals surface area (Å²) in [5.74, 6) is 1.72. The normalized spacial score (nSPS) is 12.4. The minimum atomic E-state index is -4.15. The number of hydrogen-bond acceptors (Lipinski definition) is 9. The highest BCUT2D eigenvalue weighted by Crippen LogP contribution is 2.41. The lowest BCUT2D eigenvalue weighted by Crippen LogP contribution is -2.19. The minimum Gasteiger partial charge on any atom is -0.454 e. The lowest BCUT2D eigenvalue weighted by molar-refractivity contribution is 0.174. The van der Waals surface area contributed by atoms with Crippen LogP contribution >= 0.6 is 46.3 Å². The van der Waals surface area contributed by atoms with Crippen LogP contribution in [-0.2, 0) is 15.8 Å². The van der Waals surface area contributed by atoms with Crippen molar-refractivity contribution in [3.05, 3.63) is 70.2 Å². The van der Waals surface area contributed by atoms with Crippen LogP contribution in [0.25, 0.3) is 21.1 Å². The van der Waals surface area contributed by atoms with E-state index in [1.807, 2.05) is 29.0 Å². The zero-order valence-corrected chi connectivity index (χ0v) is 22.0. The highest BCUT2D eigenvalue weighted by molar-refractivity contribution is 7.99. The monoisotopic (exact) mass is 576 g/mol. The average molecular weight is 577 g/mol. The van der Waals surface area contributed by atoms with E-state index in [0.717, 1.165) is 11.1 Å². The summed E-state index contributed by atoms with van der Waals surface area (Å²) in [6, 6.07) is 15.6. The number of fused-ring (bicyclic) bond motifs is 1. The fourth-order valence-electron chi connectivity index (χ4n) is 3.37. The first-order valence-electron chi connectivity index (χ1n) is 10.2. The van der Waals surface area contributed by atoms with Gasteiger partial charge in [-0.2, -0.15) is 5.26 Å². The molecule has 0 fully saturated rings. The standard InChI is InChI=1S/C23H14Cl2N4O4S3/c24-15-4-2-14(3-5-15)22-28-29-23(35-22)16-8-21(36(30,31)27-11-26)20(9-17(16)25)34-10-13-1-6-18-19(7-13)33-12-32-18/h1-9,27H,10,12H2. The third kappa shape index (κ3) is 5.09. The molecule has 13 heteroatoms. The summed E-state index contributed by atoms with van der Waals surface area (Å²) in [5.41, 5.74) is 2.10. The minimum absolute atomic E-state index is 0.0857. The molecule has 0 spiro atoms. The maximum absolute atomic E-state index is 12.9. The number of thioether (sulfide) groups is 1. The van der Waals surface area contributed by atoms with Crippen molar-refractivity contribution in [2.24, 2.45) is 0 Å². The van der Waals surface area contributed by atoms with Crippen LogP contribution in [0.1, 0.15) is 5.56 Å². The Morgan fingerprint density at radius 2 is 1.78 bits per heavy atom. The van der Waals surface area contributed by atoms with E-state index in [1.165, 1.54) is 35.4 Å². The van der Waals surface area contributed by atoms with Crippen molar-refractivity contribution in [3.8, 4) is 38.8 Å². The van der Waals surface area contributed by atoms with Crippen molar-refractivity contribution in [2.45, 2.75) is 15.5 Å². The number of rotatable bonds is 7. The van der Waals surface area contributed by atoms with Gasteiger partial charge in [-0.3, -0.25) is 0 Å². The van der Waals surface area contributed by atoms with E-state index < -0.39 is 10.0 Å². The van der Waals surface area contributed by atoms with Crippen molar-refractivity contribution < 1.29 is 17.9 Å².